The highest BCUT2D eigenvalue weighted by Crippen LogP contribution is 2.39. The molecule has 6 rings (SSSR count). The summed E-state index contributed by atoms with van der Waals surface area (Å²) >= 11 is 0. The summed E-state index contributed by atoms with van der Waals surface area (Å²) in [6.07, 6.45) is 2.59. The molecule has 188 valence electrons. The van der Waals surface area contributed by atoms with Crippen LogP contribution < -0.4 is 9.64 Å². The number of fused-ring (bicyclic) bond motifs is 2. The van der Waals surface area contributed by atoms with Crippen molar-refractivity contribution < 1.29 is 9.47 Å². The van der Waals surface area contributed by atoms with Gasteiger partial charge in [-0.2, -0.15) is 9.61 Å². The molecule has 1 aliphatic heterocycles. The standard InChI is InChI=1S/C29H32N4O2.ClH/c1-18-5-7-21(8-6-18)14-32(15-22-9-10-22)29-25-16-35-17-26(25)30-28-27(20(3)31-33(28)29)24-12-11-23(34-4)13-19(24)2;/h5-8,11-13,22H,9-10,14-17H2,1-4H3;1H. The lowest BCUT2D eigenvalue weighted by molar-refractivity contribution is 0.133. The van der Waals surface area contributed by atoms with E-state index in [0.717, 1.165) is 64.3 Å². The van der Waals surface area contributed by atoms with E-state index in [1.165, 1.54) is 29.5 Å². The highest BCUT2D eigenvalue weighted by Gasteiger charge is 2.31. The summed E-state index contributed by atoms with van der Waals surface area (Å²) in [6, 6.07) is 15.1. The fourth-order valence-corrected chi connectivity index (χ4v) is 5.17. The Hall–Kier alpha value is -3.09. The molecule has 7 heteroatoms. The number of anilines is 1. The van der Waals surface area contributed by atoms with Crippen LogP contribution >= 0.6 is 12.4 Å². The molecule has 6 nitrogen and oxygen atoms in total. The monoisotopic (exact) mass is 504 g/mol. The summed E-state index contributed by atoms with van der Waals surface area (Å²) in [5.41, 5.74) is 10.1. The van der Waals surface area contributed by atoms with E-state index in [1.54, 1.807) is 7.11 Å². The number of rotatable bonds is 7. The van der Waals surface area contributed by atoms with Gasteiger partial charge in [0.25, 0.3) is 0 Å². The van der Waals surface area contributed by atoms with Crippen LogP contribution in [0.25, 0.3) is 16.8 Å². The number of aryl methyl sites for hydroxylation is 3. The molecule has 4 aromatic rings. The SMILES string of the molecule is COc1ccc(-c2c(C)nn3c(N(Cc4ccc(C)cc4)CC4CC4)c4c(nc23)COC4)c(C)c1.Cl. The zero-order valence-electron chi connectivity index (χ0n) is 21.4. The summed E-state index contributed by atoms with van der Waals surface area (Å²) in [5, 5.41) is 5.08. The Bertz CT molecular complexity index is 1410. The predicted molar refractivity (Wildman–Crippen MR) is 145 cm³/mol. The van der Waals surface area contributed by atoms with Crippen LogP contribution in [-0.2, 0) is 24.5 Å². The third-order valence-corrected chi connectivity index (χ3v) is 7.25. The van der Waals surface area contributed by atoms with Gasteiger partial charge in [0.2, 0.25) is 0 Å². The van der Waals surface area contributed by atoms with Gasteiger partial charge in [-0.1, -0.05) is 35.9 Å². The molecule has 1 fully saturated rings. The zero-order chi connectivity index (χ0) is 24.1. The molecule has 2 aromatic carbocycles. The van der Waals surface area contributed by atoms with Crippen molar-refractivity contribution in [3.05, 3.63) is 76.1 Å². The van der Waals surface area contributed by atoms with Gasteiger partial charge in [-0.25, -0.2) is 4.98 Å². The minimum absolute atomic E-state index is 0. The fourth-order valence-electron chi connectivity index (χ4n) is 5.17. The van der Waals surface area contributed by atoms with Gasteiger partial charge in [0.15, 0.2) is 5.65 Å². The third-order valence-electron chi connectivity index (χ3n) is 7.25. The van der Waals surface area contributed by atoms with Crippen molar-refractivity contribution in [2.24, 2.45) is 5.92 Å². The maximum Gasteiger partial charge on any atom is 0.165 e. The molecular weight excluding hydrogens is 472 g/mol. The second-order valence-electron chi connectivity index (χ2n) is 10.0. The molecule has 0 amide bonds. The van der Waals surface area contributed by atoms with Crippen LogP contribution in [0.2, 0.25) is 0 Å². The van der Waals surface area contributed by atoms with Crippen molar-refractivity contribution in [2.45, 2.75) is 53.4 Å². The molecule has 2 aliphatic rings. The highest BCUT2D eigenvalue weighted by molar-refractivity contribution is 5.85. The Morgan fingerprint density at radius 3 is 2.53 bits per heavy atom. The van der Waals surface area contributed by atoms with Crippen LogP contribution in [0.3, 0.4) is 0 Å². The van der Waals surface area contributed by atoms with E-state index < -0.39 is 0 Å². The number of hydrogen-bond acceptors (Lipinski definition) is 5. The van der Waals surface area contributed by atoms with Gasteiger partial charge in [0.1, 0.15) is 11.6 Å². The minimum Gasteiger partial charge on any atom is -0.497 e. The Morgan fingerprint density at radius 1 is 1.06 bits per heavy atom. The topological polar surface area (TPSA) is 51.9 Å². The summed E-state index contributed by atoms with van der Waals surface area (Å²) in [4.78, 5) is 7.63. The minimum atomic E-state index is 0. The first-order valence-electron chi connectivity index (χ1n) is 12.5. The van der Waals surface area contributed by atoms with Crippen molar-refractivity contribution in [3.8, 4) is 16.9 Å². The fraction of sp³-hybridized carbons (Fsp3) is 0.379. The molecule has 0 bridgehead atoms. The highest BCUT2D eigenvalue weighted by atomic mass is 35.5. The van der Waals surface area contributed by atoms with Gasteiger partial charge < -0.3 is 14.4 Å². The molecule has 0 atom stereocenters. The smallest absolute Gasteiger partial charge is 0.165 e. The summed E-state index contributed by atoms with van der Waals surface area (Å²) in [6.45, 7) is 9.34. The Morgan fingerprint density at radius 2 is 1.83 bits per heavy atom. The Labute approximate surface area is 218 Å². The van der Waals surface area contributed by atoms with Crippen LogP contribution in [0.1, 0.15) is 46.5 Å². The first kappa shape index (κ1) is 24.6. The lowest BCUT2D eigenvalue weighted by Crippen LogP contribution is -2.29. The lowest BCUT2D eigenvalue weighted by Gasteiger charge is -2.27. The van der Waals surface area contributed by atoms with Crippen molar-refractivity contribution in [3.63, 3.8) is 0 Å². The molecule has 2 aromatic heterocycles. The van der Waals surface area contributed by atoms with E-state index >= 15 is 0 Å². The van der Waals surface area contributed by atoms with E-state index in [1.807, 2.05) is 6.07 Å². The average molecular weight is 505 g/mol. The molecule has 0 unspecified atom stereocenters. The predicted octanol–water partition coefficient (Wildman–Crippen LogP) is 6.20. The molecule has 0 N–H and O–H groups in total. The maximum absolute atomic E-state index is 5.92. The van der Waals surface area contributed by atoms with Gasteiger partial charge >= 0.3 is 0 Å². The molecule has 1 saturated carbocycles. The van der Waals surface area contributed by atoms with E-state index in [9.17, 15) is 0 Å². The zero-order valence-corrected chi connectivity index (χ0v) is 22.2. The third kappa shape index (κ3) is 4.44. The summed E-state index contributed by atoms with van der Waals surface area (Å²) in [5.74, 6) is 2.73. The number of ether oxygens (including phenoxy) is 2. The van der Waals surface area contributed by atoms with Gasteiger partial charge in [-0.05, 0) is 68.4 Å². The van der Waals surface area contributed by atoms with Crippen LogP contribution in [0, 0.1) is 26.7 Å². The van der Waals surface area contributed by atoms with Gasteiger partial charge in [-0.3, -0.25) is 0 Å². The first-order chi connectivity index (χ1) is 17.0. The average Bonchev–Trinajstić information content (AvgIpc) is 3.44. The van der Waals surface area contributed by atoms with Gasteiger partial charge in [0, 0.05) is 24.2 Å². The number of halogens is 1. The largest absolute Gasteiger partial charge is 0.497 e. The normalized spacial score (nSPS) is 14.6. The van der Waals surface area contributed by atoms with Crippen molar-refractivity contribution in [1.82, 2.24) is 14.6 Å². The molecule has 0 spiro atoms. The van der Waals surface area contributed by atoms with E-state index in [2.05, 4.69) is 66.6 Å². The van der Waals surface area contributed by atoms with E-state index in [4.69, 9.17) is 19.6 Å². The van der Waals surface area contributed by atoms with Crippen LogP contribution in [0.5, 0.6) is 5.75 Å². The molecule has 36 heavy (non-hydrogen) atoms. The van der Waals surface area contributed by atoms with Gasteiger partial charge in [0.05, 0.1) is 31.7 Å². The van der Waals surface area contributed by atoms with Crippen molar-refractivity contribution in [1.29, 1.82) is 0 Å². The lowest BCUT2D eigenvalue weighted by atomic mass is 10.0. The number of aromatic nitrogens is 3. The maximum atomic E-state index is 5.92. The second kappa shape index (κ2) is 9.75. The van der Waals surface area contributed by atoms with Crippen LogP contribution in [0.4, 0.5) is 5.82 Å². The van der Waals surface area contributed by atoms with E-state index in [-0.39, 0.29) is 12.4 Å². The molecule has 0 saturated heterocycles. The quantitative estimate of drug-likeness (QED) is 0.300. The van der Waals surface area contributed by atoms with Crippen molar-refractivity contribution in [2.75, 3.05) is 18.6 Å². The number of hydrogen-bond donors (Lipinski definition) is 0. The molecule has 1 aliphatic carbocycles. The second-order valence-corrected chi connectivity index (χ2v) is 10.0. The van der Waals surface area contributed by atoms with Crippen LogP contribution in [0.15, 0.2) is 42.5 Å². The van der Waals surface area contributed by atoms with Crippen molar-refractivity contribution >= 4 is 23.9 Å². The summed E-state index contributed by atoms with van der Waals surface area (Å²) in [7, 11) is 1.70. The molecule has 0 radical (unpaired) electrons. The molecular formula is C29H33ClN4O2. The van der Waals surface area contributed by atoms with E-state index in [0.29, 0.717) is 13.2 Å². The number of benzene rings is 2. The molecule has 3 heterocycles. The Kier molecular flexibility index (Phi) is 6.66. The number of nitrogens with zero attached hydrogens (tertiary/aromatic N) is 4. The summed E-state index contributed by atoms with van der Waals surface area (Å²) < 4.78 is 13.4. The van der Waals surface area contributed by atoms with Crippen LogP contribution in [-0.4, -0.2) is 28.3 Å². The number of methoxy groups -OCH3 is 1. The first-order valence-corrected chi connectivity index (χ1v) is 12.5. The van der Waals surface area contributed by atoms with Gasteiger partial charge in [-0.15, -0.1) is 12.4 Å². The Balaban J connectivity index is 0.00000267.